The summed E-state index contributed by atoms with van der Waals surface area (Å²) in [5.41, 5.74) is 4.13. The van der Waals surface area contributed by atoms with Gasteiger partial charge in [-0.05, 0) is 43.7 Å². The molecule has 19 heavy (non-hydrogen) atoms. The SMILES string of the molecule is C/C(=N/Nc1cccc(C(=O)[O-])c1)c1ccc(C)o1. The van der Waals surface area contributed by atoms with Crippen molar-refractivity contribution in [3.63, 3.8) is 0 Å². The molecule has 5 nitrogen and oxygen atoms in total. The van der Waals surface area contributed by atoms with Gasteiger partial charge in [0.05, 0.1) is 11.7 Å². The van der Waals surface area contributed by atoms with Gasteiger partial charge in [0.25, 0.3) is 0 Å². The Morgan fingerprint density at radius 2 is 2.11 bits per heavy atom. The number of carbonyl (C=O) groups excluding carboxylic acids is 1. The molecular formula is C14H13N2O3-. The number of nitrogens with one attached hydrogen (secondary N) is 1. The van der Waals surface area contributed by atoms with E-state index in [1.807, 2.05) is 19.1 Å². The van der Waals surface area contributed by atoms with Gasteiger partial charge in [-0.15, -0.1) is 0 Å². The minimum absolute atomic E-state index is 0.103. The van der Waals surface area contributed by atoms with Gasteiger partial charge in [-0.3, -0.25) is 5.43 Å². The van der Waals surface area contributed by atoms with Crippen molar-refractivity contribution in [1.82, 2.24) is 0 Å². The number of anilines is 1. The smallest absolute Gasteiger partial charge is 0.149 e. The van der Waals surface area contributed by atoms with Crippen LogP contribution in [0.5, 0.6) is 0 Å². The van der Waals surface area contributed by atoms with Crippen LogP contribution in [-0.4, -0.2) is 11.7 Å². The van der Waals surface area contributed by atoms with E-state index in [0.29, 0.717) is 17.2 Å². The molecule has 0 aliphatic carbocycles. The summed E-state index contributed by atoms with van der Waals surface area (Å²) in [4.78, 5) is 10.7. The van der Waals surface area contributed by atoms with Crippen molar-refractivity contribution in [2.75, 3.05) is 5.43 Å². The minimum atomic E-state index is -1.22. The first kappa shape index (κ1) is 12.9. The molecule has 2 aromatic rings. The van der Waals surface area contributed by atoms with Crippen LogP contribution in [0.3, 0.4) is 0 Å². The summed E-state index contributed by atoms with van der Waals surface area (Å²) in [5, 5.41) is 14.9. The monoisotopic (exact) mass is 257 g/mol. The third-order valence-electron chi connectivity index (χ3n) is 2.55. The Balaban J connectivity index is 2.13. The van der Waals surface area contributed by atoms with Crippen molar-refractivity contribution in [2.45, 2.75) is 13.8 Å². The topological polar surface area (TPSA) is 77.7 Å². The third-order valence-corrected chi connectivity index (χ3v) is 2.55. The Morgan fingerprint density at radius 3 is 2.74 bits per heavy atom. The summed E-state index contributed by atoms with van der Waals surface area (Å²) in [6.45, 7) is 3.65. The molecule has 1 heterocycles. The van der Waals surface area contributed by atoms with Crippen molar-refractivity contribution in [3.05, 3.63) is 53.5 Å². The normalized spacial score (nSPS) is 11.4. The zero-order chi connectivity index (χ0) is 13.8. The number of aryl methyl sites for hydroxylation is 1. The second-order valence-corrected chi connectivity index (χ2v) is 4.09. The molecule has 0 aliphatic heterocycles. The average molecular weight is 257 g/mol. The summed E-state index contributed by atoms with van der Waals surface area (Å²) in [6.07, 6.45) is 0. The van der Waals surface area contributed by atoms with Gasteiger partial charge in [0.1, 0.15) is 17.2 Å². The molecule has 0 unspecified atom stereocenters. The quantitative estimate of drug-likeness (QED) is 0.669. The lowest BCUT2D eigenvalue weighted by atomic mass is 10.2. The molecule has 1 N–H and O–H groups in total. The van der Waals surface area contributed by atoms with Crippen LogP contribution in [0.2, 0.25) is 0 Å². The molecular weight excluding hydrogens is 244 g/mol. The molecule has 0 spiro atoms. The largest absolute Gasteiger partial charge is 0.545 e. The van der Waals surface area contributed by atoms with Crippen molar-refractivity contribution in [2.24, 2.45) is 5.10 Å². The van der Waals surface area contributed by atoms with E-state index in [-0.39, 0.29) is 5.56 Å². The van der Waals surface area contributed by atoms with E-state index in [2.05, 4.69) is 10.5 Å². The van der Waals surface area contributed by atoms with Crippen LogP contribution < -0.4 is 10.5 Å². The van der Waals surface area contributed by atoms with Crippen molar-refractivity contribution in [3.8, 4) is 0 Å². The summed E-state index contributed by atoms with van der Waals surface area (Å²) >= 11 is 0. The average Bonchev–Trinajstić information content (AvgIpc) is 2.83. The van der Waals surface area contributed by atoms with E-state index in [9.17, 15) is 9.90 Å². The fourth-order valence-corrected chi connectivity index (χ4v) is 1.55. The molecule has 0 aliphatic rings. The number of rotatable bonds is 4. The fraction of sp³-hybridized carbons (Fsp3) is 0.143. The summed E-state index contributed by atoms with van der Waals surface area (Å²) in [5.74, 6) is 0.260. The van der Waals surface area contributed by atoms with E-state index < -0.39 is 5.97 Å². The van der Waals surface area contributed by atoms with Crippen molar-refractivity contribution < 1.29 is 14.3 Å². The Kier molecular flexibility index (Phi) is 3.66. The number of carbonyl (C=O) groups is 1. The van der Waals surface area contributed by atoms with E-state index in [1.54, 1.807) is 19.1 Å². The highest BCUT2D eigenvalue weighted by Crippen LogP contribution is 2.12. The van der Waals surface area contributed by atoms with Gasteiger partial charge in [0.2, 0.25) is 0 Å². The van der Waals surface area contributed by atoms with E-state index in [0.717, 1.165) is 5.76 Å². The summed E-state index contributed by atoms with van der Waals surface area (Å²) in [7, 11) is 0. The van der Waals surface area contributed by atoms with Crippen LogP contribution in [0.1, 0.15) is 28.8 Å². The van der Waals surface area contributed by atoms with Crippen molar-refractivity contribution >= 4 is 17.4 Å². The first-order valence-electron chi connectivity index (χ1n) is 5.75. The predicted octanol–water partition coefficient (Wildman–Crippen LogP) is 1.79. The molecule has 0 saturated carbocycles. The second-order valence-electron chi connectivity index (χ2n) is 4.09. The van der Waals surface area contributed by atoms with Crippen LogP contribution in [-0.2, 0) is 0 Å². The maximum atomic E-state index is 10.7. The molecule has 0 amide bonds. The molecule has 0 saturated heterocycles. The van der Waals surface area contributed by atoms with E-state index >= 15 is 0 Å². The maximum absolute atomic E-state index is 10.7. The maximum Gasteiger partial charge on any atom is 0.149 e. The molecule has 5 heteroatoms. The third kappa shape index (κ3) is 3.22. The van der Waals surface area contributed by atoms with Crippen LogP contribution >= 0.6 is 0 Å². The highest BCUT2D eigenvalue weighted by molar-refractivity contribution is 5.96. The van der Waals surface area contributed by atoms with Gasteiger partial charge in [0, 0.05) is 0 Å². The zero-order valence-corrected chi connectivity index (χ0v) is 10.6. The fourth-order valence-electron chi connectivity index (χ4n) is 1.55. The minimum Gasteiger partial charge on any atom is -0.545 e. The van der Waals surface area contributed by atoms with Gasteiger partial charge in [-0.2, -0.15) is 5.10 Å². The molecule has 2 rings (SSSR count). The molecule has 1 aromatic heterocycles. The van der Waals surface area contributed by atoms with E-state index in [1.165, 1.54) is 12.1 Å². The number of benzene rings is 1. The van der Waals surface area contributed by atoms with Gasteiger partial charge >= 0.3 is 0 Å². The molecule has 0 radical (unpaired) electrons. The predicted molar refractivity (Wildman–Crippen MR) is 70.1 cm³/mol. The van der Waals surface area contributed by atoms with Gasteiger partial charge in [0.15, 0.2) is 0 Å². The number of hydrogen-bond acceptors (Lipinski definition) is 5. The van der Waals surface area contributed by atoms with Gasteiger partial charge in [-0.25, -0.2) is 0 Å². The first-order valence-corrected chi connectivity index (χ1v) is 5.75. The number of furan rings is 1. The molecule has 98 valence electrons. The molecule has 0 bridgehead atoms. The van der Waals surface area contributed by atoms with Crippen LogP contribution in [0.4, 0.5) is 5.69 Å². The van der Waals surface area contributed by atoms with Crippen LogP contribution in [0.25, 0.3) is 0 Å². The standard InChI is InChI=1S/C14H14N2O3/c1-9-6-7-13(19-9)10(2)15-16-12-5-3-4-11(8-12)14(17)18/h3-8,16H,1-2H3,(H,17,18)/p-1/b15-10-. The molecule has 1 aromatic carbocycles. The van der Waals surface area contributed by atoms with Gasteiger partial charge < -0.3 is 14.3 Å². The Labute approximate surface area is 110 Å². The number of carboxylic acids is 1. The molecule has 0 fully saturated rings. The lowest BCUT2D eigenvalue weighted by molar-refractivity contribution is -0.255. The molecule has 0 atom stereocenters. The summed E-state index contributed by atoms with van der Waals surface area (Å²) < 4.78 is 5.42. The Bertz CT molecular complexity index is 629. The first-order chi connectivity index (χ1) is 9.06. The number of nitrogens with zero attached hydrogens (tertiary/aromatic N) is 1. The lowest BCUT2D eigenvalue weighted by Gasteiger charge is -2.05. The number of hydrogen-bond donors (Lipinski definition) is 1. The second kappa shape index (κ2) is 5.39. The number of carboxylic acid groups (broad SMARTS) is 1. The highest BCUT2D eigenvalue weighted by atomic mass is 16.4. The zero-order valence-electron chi connectivity index (χ0n) is 10.6. The highest BCUT2D eigenvalue weighted by Gasteiger charge is 2.02. The summed E-state index contributed by atoms with van der Waals surface area (Å²) in [6, 6.07) is 9.94. The van der Waals surface area contributed by atoms with Crippen molar-refractivity contribution in [1.29, 1.82) is 0 Å². The number of hydrazone groups is 1. The Morgan fingerprint density at radius 1 is 1.32 bits per heavy atom. The van der Waals surface area contributed by atoms with Crippen LogP contribution in [0.15, 0.2) is 45.9 Å². The lowest BCUT2D eigenvalue weighted by Crippen LogP contribution is -2.22. The van der Waals surface area contributed by atoms with Gasteiger partial charge in [-0.1, -0.05) is 12.1 Å². The number of aromatic carboxylic acids is 1. The van der Waals surface area contributed by atoms with E-state index in [4.69, 9.17) is 4.42 Å². The Hall–Kier alpha value is -2.56. The van der Waals surface area contributed by atoms with Crippen LogP contribution in [0, 0.1) is 6.92 Å².